The van der Waals surface area contributed by atoms with Crippen molar-refractivity contribution in [2.45, 2.75) is 13.8 Å². The van der Waals surface area contributed by atoms with E-state index in [1.165, 1.54) is 11.4 Å². The van der Waals surface area contributed by atoms with Crippen molar-refractivity contribution in [3.63, 3.8) is 0 Å². The zero-order valence-corrected chi connectivity index (χ0v) is 10.5. The molecule has 2 heterocycles. The van der Waals surface area contributed by atoms with Crippen LogP contribution in [0.25, 0.3) is 5.78 Å². The second kappa shape index (κ2) is 5.01. The molecule has 1 atom stereocenters. The summed E-state index contributed by atoms with van der Waals surface area (Å²) in [5.41, 5.74) is 0.801. The molecule has 1 amide bonds. The van der Waals surface area contributed by atoms with Crippen LogP contribution in [-0.4, -0.2) is 43.1 Å². The fraction of sp³-hybridized carbons (Fsp3) is 0.364. The molecule has 2 aromatic heterocycles. The van der Waals surface area contributed by atoms with Gasteiger partial charge in [-0.25, -0.2) is 9.50 Å². The average Bonchev–Trinajstić information content (AvgIpc) is 2.80. The van der Waals surface area contributed by atoms with Gasteiger partial charge in [0.05, 0.1) is 5.92 Å². The van der Waals surface area contributed by atoms with Crippen LogP contribution in [0.2, 0.25) is 0 Å². The molecule has 2 aromatic rings. The molecule has 0 aliphatic heterocycles. The number of aliphatic carboxylic acids is 1. The van der Waals surface area contributed by atoms with Crippen molar-refractivity contribution in [3.05, 3.63) is 23.8 Å². The highest BCUT2D eigenvalue weighted by Gasteiger charge is 2.17. The summed E-state index contributed by atoms with van der Waals surface area (Å²) in [6, 6.07) is 1.75. The van der Waals surface area contributed by atoms with E-state index in [4.69, 9.17) is 5.11 Å². The largest absolute Gasteiger partial charge is 0.481 e. The average molecular weight is 263 g/mol. The van der Waals surface area contributed by atoms with E-state index < -0.39 is 17.8 Å². The SMILES string of the molecule is Cc1ccnc2nc(C(=O)NCC(C)C(=O)O)nn12. The number of hydrogen-bond donors (Lipinski definition) is 2. The quantitative estimate of drug-likeness (QED) is 0.796. The highest BCUT2D eigenvalue weighted by Crippen LogP contribution is 2.02. The Bertz CT molecular complexity index is 636. The predicted octanol–water partition coefficient (Wildman–Crippen LogP) is -0.117. The van der Waals surface area contributed by atoms with Crippen molar-refractivity contribution in [1.82, 2.24) is 24.9 Å². The molecule has 100 valence electrons. The lowest BCUT2D eigenvalue weighted by atomic mass is 10.2. The third-order valence-electron chi connectivity index (χ3n) is 2.62. The van der Waals surface area contributed by atoms with Crippen LogP contribution < -0.4 is 5.32 Å². The Labute approximate surface area is 108 Å². The molecule has 8 heteroatoms. The minimum absolute atomic E-state index is 0.0239. The molecule has 0 saturated heterocycles. The molecule has 2 rings (SSSR count). The first kappa shape index (κ1) is 12.9. The summed E-state index contributed by atoms with van der Waals surface area (Å²) in [6.07, 6.45) is 1.58. The number of aryl methyl sites for hydroxylation is 1. The summed E-state index contributed by atoms with van der Waals surface area (Å²) in [6.45, 7) is 3.35. The maximum atomic E-state index is 11.8. The molecule has 1 unspecified atom stereocenters. The molecule has 19 heavy (non-hydrogen) atoms. The van der Waals surface area contributed by atoms with Gasteiger partial charge in [-0.2, -0.15) is 4.98 Å². The summed E-state index contributed by atoms with van der Waals surface area (Å²) in [7, 11) is 0. The molecule has 0 aromatic carbocycles. The molecule has 0 spiro atoms. The van der Waals surface area contributed by atoms with Gasteiger partial charge in [0.1, 0.15) is 0 Å². The molecule has 2 N–H and O–H groups in total. The van der Waals surface area contributed by atoms with Gasteiger partial charge in [0.2, 0.25) is 5.82 Å². The minimum Gasteiger partial charge on any atom is -0.481 e. The maximum absolute atomic E-state index is 11.8. The van der Waals surface area contributed by atoms with Crippen LogP contribution in [0.5, 0.6) is 0 Å². The standard InChI is InChI=1S/C11H13N5O3/c1-6(10(18)19)5-13-9(17)8-14-11-12-4-3-7(2)16(11)15-8/h3-4,6H,5H2,1-2H3,(H,13,17)(H,18,19). The minimum atomic E-state index is -0.972. The first-order chi connectivity index (χ1) is 8.99. The van der Waals surface area contributed by atoms with Gasteiger partial charge in [-0.1, -0.05) is 6.92 Å². The molecule has 0 aliphatic rings. The number of nitrogens with zero attached hydrogens (tertiary/aromatic N) is 4. The van der Waals surface area contributed by atoms with Gasteiger partial charge in [-0.3, -0.25) is 9.59 Å². The summed E-state index contributed by atoms with van der Waals surface area (Å²) < 4.78 is 1.45. The van der Waals surface area contributed by atoms with Crippen molar-refractivity contribution < 1.29 is 14.7 Å². The Morgan fingerprint density at radius 1 is 1.53 bits per heavy atom. The Morgan fingerprint density at radius 3 is 2.89 bits per heavy atom. The molecule has 0 saturated carbocycles. The van der Waals surface area contributed by atoms with Gasteiger partial charge in [0, 0.05) is 18.4 Å². The third kappa shape index (κ3) is 2.67. The second-order valence-corrected chi connectivity index (χ2v) is 4.18. The Morgan fingerprint density at radius 2 is 2.26 bits per heavy atom. The lowest BCUT2D eigenvalue weighted by Crippen LogP contribution is -2.32. The molecular weight excluding hydrogens is 250 g/mol. The number of carboxylic acids is 1. The highest BCUT2D eigenvalue weighted by atomic mass is 16.4. The number of carbonyl (C=O) groups is 2. The van der Waals surface area contributed by atoms with Gasteiger partial charge in [0.15, 0.2) is 0 Å². The van der Waals surface area contributed by atoms with Gasteiger partial charge < -0.3 is 10.4 Å². The number of hydrogen-bond acceptors (Lipinski definition) is 5. The third-order valence-corrected chi connectivity index (χ3v) is 2.62. The summed E-state index contributed by atoms with van der Waals surface area (Å²) >= 11 is 0. The number of carbonyl (C=O) groups excluding carboxylic acids is 1. The summed E-state index contributed by atoms with van der Waals surface area (Å²) in [5.74, 6) is -1.85. The molecule has 0 bridgehead atoms. The second-order valence-electron chi connectivity index (χ2n) is 4.18. The highest BCUT2D eigenvalue weighted by molar-refractivity contribution is 5.91. The van der Waals surface area contributed by atoms with E-state index >= 15 is 0 Å². The lowest BCUT2D eigenvalue weighted by Gasteiger charge is -2.05. The summed E-state index contributed by atoms with van der Waals surface area (Å²) in [5, 5.41) is 15.2. The van der Waals surface area contributed by atoms with Gasteiger partial charge >= 0.3 is 5.97 Å². The van der Waals surface area contributed by atoms with E-state index in [1.807, 2.05) is 6.92 Å². The maximum Gasteiger partial charge on any atom is 0.308 e. The van der Waals surface area contributed by atoms with Crippen LogP contribution in [0.15, 0.2) is 12.3 Å². The van der Waals surface area contributed by atoms with Crippen molar-refractivity contribution in [1.29, 1.82) is 0 Å². The van der Waals surface area contributed by atoms with E-state index in [-0.39, 0.29) is 12.4 Å². The Hall–Kier alpha value is -2.51. The smallest absolute Gasteiger partial charge is 0.308 e. The molecular formula is C11H13N5O3. The number of amides is 1. The fourth-order valence-corrected chi connectivity index (χ4v) is 1.41. The van der Waals surface area contributed by atoms with Gasteiger partial charge in [-0.05, 0) is 13.0 Å². The molecule has 8 nitrogen and oxygen atoms in total. The topological polar surface area (TPSA) is 109 Å². The van der Waals surface area contributed by atoms with Crippen LogP contribution in [0, 0.1) is 12.8 Å². The van der Waals surface area contributed by atoms with Crippen molar-refractivity contribution in [3.8, 4) is 0 Å². The Balaban J connectivity index is 2.14. The monoisotopic (exact) mass is 263 g/mol. The number of rotatable bonds is 4. The zero-order chi connectivity index (χ0) is 14.0. The van der Waals surface area contributed by atoms with Crippen LogP contribution in [0.4, 0.5) is 0 Å². The van der Waals surface area contributed by atoms with E-state index in [0.717, 1.165) is 5.69 Å². The first-order valence-corrected chi connectivity index (χ1v) is 5.68. The van der Waals surface area contributed by atoms with E-state index in [1.54, 1.807) is 12.3 Å². The van der Waals surface area contributed by atoms with E-state index in [9.17, 15) is 9.59 Å². The normalized spacial score (nSPS) is 12.3. The van der Waals surface area contributed by atoms with Crippen LogP contribution in [0.3, 0.4) is 0 Å². The van der Waals surface area contributed by atoms with Gasteiger partial charge in [0.25, 0.3) is 11.7 Å². The zero-order valence-electron chi connectivity index (χ0n) is 10.5. The Kier molecular flexibility index (Phi) is 3.41. The summed E-state index contributed by atoms with van der Waals surface area (Å²) in [4.78, 5) is 30.4. The van der Waals surface area contributed by atoms with Gasteiger partial charge in [-0.15, -0.1) is 5.10 Å². The first-order valence-electron chi connectivity index (χ1n) is 5.68. The van der Waals surface area contributed by atoms with E-state index in [2.05, 4.69) is 20.4 Å². The van der Waals surface area contributed by atoms with Crippen LogP contribution in [-0.2, 0) is 4.79 Å². The molecule has 0 radical (unpaired) electrons. The van der Waals surface area contributed by atoms with Crippen molar-refractivity contribution in [2.24, 2.45) is 5.92 Å². The molecule has 0 fully saturated rings. The van der Waals surface area contributed by atoms with Crippen LogP contribution in [0.1, 0.15) is 23.2 Å². The molecule has 0 aliphatic carbocycles. The number of carboxylic acid groups (broad SMARTS) is 1. The lowest BCUT2D eigenvalue weighted by molar-refractivity contribution is -0.140. The number of fused-ring (bicyclic) bond motifs is 1. The van der Waals surface area contributed by atoms with E-state index in [0.29, 0.717) is 5.78 Å². The fourth-order valence-electron chi connectivity index (χ4n) is 1.41. The number of aromatic nitrogens is 4. The van der Waals surface area contributed by atoms with Crippen molar-refractivity contribution >= 4 is 17.7 Å². The van der Waals surface area contributed by atoms with Crippen LogP contribution >= 0.6 is 0 Å². The predicted molar refractivity (Wildman–Crippen MR) is 64.7 cm³/mol. The van der Waals surface area contributed by atoms with Crippen molar-refractivity contribution in [2.75, 3.05) is 6.54 Å². The number of nitrogens with one attached hydrogen (secondary N) is 1.